The molecule has 3 aromatic heterocycles. The first-order chi connectivity index (χ1) is 14.4. The molecular formula is C20H14F3N5OS. The number of amides is 1. The van der Waals surface area contributed by atoms with Gasteiger partial charge in [-0.05, 0) is 23.8 Å². The van der Waals surface area contributed by atoms with Gasteiger partial charge in [-0.3, -0.25) is 14.5 Å². The van der Waals surface area contributed by atoms with Gasteiger partial charge in [0.1, 0.15) is 10.7 Å². The highest BCUT2D eigenvalue weighted by Crippen LogP contribution is 2.33. The van der Waals surface area contributed by atoms with E-state index in [2.05, 4.69) is 20.4 Å². The van der Waals surface area contributed by atoms with Crippen molar-refractivity contribution in [2.45, 2.75) is 12.7 Å². The monoisotopic (exact) mass is 429 g/mol. The zero-order chi connectivity index (χ0) is 21.1. The summed E-state index contributed by atoms with van der Waals surface area (Å²) < 4.78 is 40.4. The second-order valence-corrected chi connectivity index (χ2v) is 7.19. The highest BCUT2D eigenvalue weighted by molar-refractivity contribution is 7.13. The van der Waals surface area contributed by atoms with Gasteiger partial charge in [0, 0.05) is 35.6 Å². The van der Waals surface area contributed by atoms with Gasteiger partial charge in [-0.1, -0.05) is 18.2 Å². The largest absolute Gasteiger partial charge is 0.416 e. The van der Waals surface area contributed by atoms with E-state index < -0.39 is 17.6 Å². The smallest absolute Gasteiger partial charge is 0.304 e. The van der Waals surface area contributed by atoms with Crippen LogP contribution in [0, 0.1) is 0 Å². The maximum Gasteiger partial charge on any atom is 0.416 e. The van der Waals surface area contributed by atoms with E-state index in [1.54, 1.807) is 29.3 Å². The molecule has 0 spiro atoms. The van der Waals surface area contributed by atoms with Gasteiger partial charge in [-0.15, -0.1) is 11.3 Å². The first-order valence-electron chi connectivity index (χ1n) is 8.75. The molecule has 4 aromatic rings. The highest BCUT2D eigenvalue weighted by atomic mass is 32.1. The lowest BCUT2D eigenvalue weighted by molar-refractivity contribution is -0.137. The van der Waals surface area contributed by atoms with Crippen LogP contribution in [0.3, 0.4) is 0 Å². The fourth-order valence-corrected chi connectivity index (χ4v) is 3.51. The molecule has 0 aliphatic carbocycles. The van der Waals surface area contributed by atoms with Crippen LogP contribution in [0.25, 0.3) is 10.6 Å². The van der Waals surface area contributed by atoms with Crippen LogP contribution < -0.4 is 5.32 Å². The molecule has 0 unspecified atom stereocenters. The molecular weight excluding hydrogens is 415 g/mol. The SMILES string of the molecule is O=C(Nc1ccn(Cc2cccnc2)n1)c1csc(-c2cccc(C(F)(F)F)c2)n1. The lowest BCUT2D eigenvalue weighted by atomic mass is 10.1. The molecule has 0 fully saturated rings. The third-order valence-corrected chi connectivity index (χ3v) is 5.01. The van der Waals surface area contributed by atoms with Gasteiger partial charge in [0.05, 0.1) is 12.1 Å². The second-order valence-electron chi connectivity index (χ2n) is 6.33. The minimum Gasteiger partial charge on any atom is -0.304 e. The van der Waals surface area contributed by atoms with Crippen molar-refractivity contribution in [3.05, 3.63) is 83.3 Å². The summed E-state index contributed by atoms with van der Waals surface area (Å²) in [6.07, 6.45) is 0.685. The van der Waals surface area contributed by atoms with Crippen molar-refractivity contribution in [1.82, 2.24) is 19.7 Å². The maximum absolute atomic E-state index is 12.9. The number of pyridine rings is 1. The molecule has 0 atom stereocenters. The lowest BCUT2D eigenvalue weighted by Crippen LogP contribution is -2.13. The van der Waals surface area contributed by atoms with E-state index in [0.717, 1.165) is 29.0 Å². The topological polar surface area (TPSA) is 72.7 Å². The highest BCUT2D eigenvalue weighted by Gasteiger charge is 2.30. The van der Waals surface area contributed by atoms with Crippen LogP contribution >= 0.6 is 11.3 Å². The molecule has 0 saturated carbocycles. The Hall–Kier alpha value is -3.53. The number of thiazole rings is 1. The molecule has 30 heavy (non-hydrogen) atoms. The van der Waals surface area contributed by atoms with Crippen LogP contribution in [0.4, 0.5) is 19.0 Å². The van der Waals surface area contributed by atoms with Gasteiger partial charge < -0.3 is 5.32 Å². The Bertz CT molecular complexity index is 1170. The zero-order valence-electron chi connectivity index (χ0n) is 15.3. The molecule has 3 heterocycles. The third-order valence-electron chi connectivity index (χ3n) is 4.12. The average molecular weight is 429 g/mol. The molecule has 4 rings (SSSR count). The Morgan fingerprint density at radius 3 is 2.80 bits per heavy atom. The van der Waals surface area contributed by atoms with Crippen molar-refractivity contribution >= 4 is 23.1 Å². The molecule has 0 saturated heterocycles. The number of halogens is 3. The Morgan fingerprint density at radius 2 is 2.03 bits per heavy atom. The summed E-state index contributed by atoms with van der Waals surface area (Å²) >= 11 is 1.10. The van der Waals surface area contributed by atoms with E-state index in [0.29, 0.717) is 22.9 Å². The molecule has 1 amide bonds. The number of benzene rings is 1. The third kappa shape index (κ3) is 4.54. The van der Waals surface area contributed by atoms with Gasteiger partial charge in [0.2, 0.25) is 0 Å². The van der Waals surface area contributed by atoms with Crippen LogP contribution in [0.1, 0.15) is 21.6 Å². The number of rotatable bonds is 5. The molecule has 0 aliphatic rings. The van der Waals surface area contributed by atoms with Crippen molar-refractivity contribution in [2.24, 2.45) is 0 Å². The number of carbonyl (C=O) groups excluding carboxylic acids is 1. The Balaban J connectivity index is 1.45. The van der Waals surface area contributed by atoms with E-state index in [-0.39, 0.29) is 5.69 Å². The normalized spacial score (nSPS) is 11.4. The molecule has 0 radical (unpaired) electrons. The fourth-order valence-electron chi connectivity index (χ4n) is 2.71. The summed E-state index contributed by atoms with van der Waals surface area (Å²) in [6, 6.07) is 10.2. The van der Waals surface area contributed by atoms with E-state index >= 15 is 0 Å². The number of nitrogens with one attached hydrogen (secondary N) is 1. The molecule has 1 aromatic carbocycles. The maximum atomic E-state index is 12.9. The minimum absolute atomic E-state index is 0.106. The van der Waals surface area contributed by atoms with Crippen molar-refractivity contribution < 1.29 is 18.0 Å². The Kier molecular flexibility index (Phi) is 5.32. The first-order valence-corrected chi connectivity index (χ1v) is 9.63. The van der Waals surface area contributed by atoms with Crippen molar-refractivity contribution in [2.75, 3.05) is 5.32 Å². The summed E-state index contributed by atoms with van der Waals surface area (Å²) in [5.74, 6) is -0.145. The summed E-state index contributed by atoms with van der Waals surface area (Å²) in [7, 11) is 0. The number of alkyl halides is 3. The van der Waals surface area contributed by atoms with Crippen LogP contribution in [-0.4, -0.2) is 25.7 Å². The van der Waals surface area contributed by atoms with Crippen molar-refractivity contribution in [3.8, 4) is 10.6 Å². The van der Waals surface area contributed by atoms with Gasteiger partial charge >= 0.3 is 6.18 Å². The summed E-state index contributed by atoms with van der Waals surface area (Å²) in [5, 5.41) is 8.75. The van der Waals surface area contributed by atoms with E-state index in [1.807, 2.05) is 12.1 Å². The van der Waals surface area contributed by atoms with E-state index in [4.69, 9.17) is 0 Å². The number of hydrogen-bond acceptors (Lipinski definition) is 5. The molecule has 10 heteroatoms. The molecule has 1 N–H and O–H groups in total. The predicted molar refractivity (Wildman–Crippen MR) is 106 cm³/mol. The number of anilines is 1. The van der Waals surface area contributed by atoms with Gasteiger partial charge in [-0.25, -0.2) is 4.98 Å². The fraction of sp³-hybridized carbons (Fsp3) is 0.100. The Labute approximate surface area is 173 Å². The van der Waals surface area contributed by atoms with Crippen LogP contribution in [-0.2, 0) is 12.7 Å². The summed E-state index contributed by atoms with van der Waals surface area (Å²) in [6.45, 7) is 0.500. The molecule has 6 nitrogen and oxygen atoms in total. The van der Waals surface area contributed by atoms with Gasteiger partial charge in [-0.2, -0.15) is 18.3 Å². The summed E-state index contributed by atoms with van der Waals surface area (Å²) in [5.41, 5.74) is 0.605. The van der Waals surface area contributed by atoms with Gasteiger partial charge in [0.25, 0.3) is 5.91 Å². The van der Waals surface area contributed by atoms with Crippen LogP contribution in [0.5, 0.6) is 0 Å². The molecule has 0 bridgehead atoms. The van der Waals surface area contributed by atoms with Crippen LogP contribution in [0.15, 0.2) is 66.4 Å². The standard InChI is InChI=1S/C20H14F3N5OS/c21-20(22,23)15-5-1-4-14(9-15)19-25-16(12-30-19)18(29)26-17-6-8-28(27-17)11-13-3-2-7-24-10-13/h1-10,12H,11H2,(H,26,27,29). The second kappa shape index (κ2) is 8.07. The van der Waals surface area contributed by atoms with Crippen LogP contribution in [0.2, 0.25) is 0 Å². The predicted octanol–water partition coefficient (Wildman–Crippen LogP) is 4.72. The average Bonchev–Trinajstić information content (AvgIpc) is 3.38. The van der Waals surface area contributed by atoms with Gasteiger partial charge in [0.15, 0.2) is 5.82 Å². The number of aromatic nitrogens is 4. The minimum atomic E-state index is -4.44. The van der Waals surface area contributed by atoms with Crippen molar-refractivity contribution in [1.29, 1.82) is 0 Å². The zero-order valence-corrected chi connectivity index (χ0v) is 16.1. The quantitative estimate of drug-likeness (QED) is 0.498. The number of hydrogen-bond donors (Lipinski definition) is 1. The first kappa shape index (κ1) is 19.8. The number of carbonyl (C=O) groups is 1. The lowest BCUT2D eigenvalue weighted by Gasteiger charge is -2.07. The van der Waals surface area contributed by atoms with E-state index in [1.165, 1.54) is 17.5 Å². The van der Waals surface area contributed by atoms with E-state index in [9.17, 15) is 18.0 Å². The number of nitrogens with zero attached hydrogens (tertiary/aromatic N) is 4. The molecule has 152 valence electrons. The summed E-state index contributed by atoms with van der Waals surface area (Å²) in [4.78, 5) is 20.7. The Morgan fingerprint density at radius 1 is 1.17 bits per heavy atom. The van der Waals surface area contributed by atoms with Crippen molar-refractivity contribution in [3.63, 3.8) is 0 Å². The molecule has 0 aliphatic heterocycles.